The number of carbonyl (C=O) groups excluding carboxylic acids is 1. The van der Waals surface area contributed by atoms with Gasteiger partial charge >= 0.3 is 5.97 Å². The molecule has 0 aliphatic rings. The highest BCUT2D eigenvalue weighted by molar-refractivity contribution is 5.80. The van der Waals surface area contributed by atoms with Crippen LogP contribution in [0.1, 0.15) is 32.4 Å². The van der Waals surface area contributed by atoms with Crippen molar-refractivity contribution >= 4 is 5.97 Å². The number of esters is 1. The first-order chi connectivity index (χ1) is 8.53. The van der Waals surface area contributed by atoms with Crippen molar-refractivity contribution in [1.82, 2.24) is 15.1 Å². The first-order valence-electron chi connectivity index (χ1n) is 6.35. The van der Waals surface area contributed by atoms with Crippen LogP contribution in [-0.4, -0.2) is 34.9 Å². The van der Waals surface area contributed by atoms with Crippen molar-refractivity contribution in [2.45, 2.75) is 45.7 Å². The van der Waals surface area contributed by atoms with Crippen LogP contribution >= 0.6 is 0 Å². The van der Waals surface area contributed by atoms with E-state index in [0.717, 1.165) is 18.7 Å². The van der Waals surface area contributed by atoms with Crippen LogP contribution < -0.4 is 5.32 Å². The van der Waals surface area contributed by atoms with Gasteiger partial charge in [0.15, 0.2) is 0 Å². The van der Waals surface area contributed by atoms with E-state index in [9.17, 15) is 4.79 Å². The summed E-state index contributed by atoms with van der Waals surface area (Å²) in [5.74, 6) is -0.222. The Kier molecular flexibility index (Phi) is 5.34. The van der Waals surface area contributed by atoms with Gasteiger partial charge in [-0.05, 0) is 39.3 Å². The lowest BCUT2D eigenvalue weighted by Crippen LogP contribution is -2.51. The molecule has 0 radical (unpaired) electrons. The van der Waals surface area contributed by atoms with Crippen molar-refractivity contribution in [2.24, 2.45) is 0 Å². The molecule has 0 saturated heterocycles. The molecule has 1 N–H and O–H groups in total. The fraction of sp³-hybridized carbons (Fsp3) is 0.692. The van der Waals surface area contributed by atoms with Crippen molar-refractivity contribution in [3.05, 3.63) is 18.0 Å². The largest absolute Gasteiger partial charge is 0.468 e. The molecule has 1 aromatic heterocycles. The van der Waals surface area contributed by atoms with Crippen molar-refractivity contribution in [2.75, 3.05) is 13.7 Å². The molecular formula is C13H23N3O2. The lowest BCUT2D eigenvalue weighted by Gasteiger charge is -2.28. The molecule has 5 nitrogen and oxygen atoms in total. The predicted molar refractivity (Wildman–Crippen MR) is 70.3 cm³/mol. The molecule has 1 aromatic rings. The number of nitrogens with zero attached hydrogens (tertiary/aromatic N) is 2. The standard InChI is InChI=1S/C13H23N3O2/c1-5-8-14-13(3,12(17)18-4)7-10-16-11(2)6-9-15-16/h6,9,14H,5,7-8,10H2,1-4H3. The monoisotopic (exact) mass is 253 g/mol. The third-order valence-electron chi connectivity index (χ3n) is 3.15. The van der Waals surface area contributed by atoms with Crippen LogP contribution in [0, 0.1) is 6.92 Å². The number of aromatic nitrogens is 2. The van der Waals surface area contributed by atoms with Gasteiger partial charge in [0.2, 0.25) is 0 Å². The van der Waals surface area contributed by atoms with Crippen LogP contribution in [0.3, 0.4) is 0 Å². The molecule has 0 bridgehead atoms. The summed E-state index contributed by atoms with van der Waals surface area (Å²) in [5.41, 5.74) is 0.445. The molecular weight excluding hydrogens is 230 g/mol. The van der Waals surface area contributed by atoms with Gasteiger partial charge in [0, 0.05) is 18.4 Å². The highest BCUT2D eigenvalue weighted by Crippen LogP contribution is 2.14. The molecule has 0 aliphatic carbocycles. The Labute approximate surface area is 109 Å². The zero-order valence-corrected chi connectivity index (χ0v) is 11.7. The van der Waals surface area contributed by atoms with Gasteiger partial charge in [-0.3, -0.25) is 9.48 Å². The summed E-state index contributed by atoms with van der Waals surface area (Å²) in [6.07, 6.45) is 3.40. The lowest BCUT2D eigenvalue weighted by atomic mass is 9.97. The maximum absolute atomic E-state index is 11.9. The fourth-order valence-electron chi connectivity index (χ4n) is 1.85. The summed E-state index contributed by atoms with van der Waals surface area (Å²) in [5, 5.41) is 7.48. The number of ether oxygens (including phenoxy) is 1. The summed E-state index contributed by atoms with van der Waals surface area (Å²) in [6, 6.07) is 1.95. The van der Waals surface area contributed by atoms with Gasteiger partial charge in [-0.2, -0.15) is 5.10 Å². The summed E-state index contributed by atoms with van der Waals surface area (Å²) >= 11 is 0. The molecule has 5 heteroatoms. The minimum atomic E-state index is -0.650. The molecule has 1 atom stereocenters. The van der Waals surface area contributed by atoms with E-state index in [1.807, 2.05) is 24.6 Å². The predicted octanol–water partition coefficient (Wildman–Crippen LogP) is 1.51. The quantitative estimate of drug-likeness (QED) is 0.748. The molecule has 1 unspecified atom stereocenters. The lowest BCUT2D eigenvalue weighted by molar-refractivity contribution is -0.148. The summed E-state index contributed by atoms with van der Waals surface area (Å²) in [4.78, 5) is 11.9. The van der Waals surface area contributed by atoms with Crippen LogP contribution in [0.4, 0.5) is 0 Å². The van der Waals surface area contributed by atoms with Crippen LogP contribution in [-0.2, 0) is 16.1 Å². The third-order valence-corrected chi connectivity index (χ3v) is 3.15. The van der Waals surface area contributed by atoms with Gasteiger partial charge in [0.25, 0.3) is 0 Å². The molecule has 0 amide bonds. The first-order valence-corrected chi connectivity index (χ1v) is 6.35. The average Bonchev–Trinajstić information content (AvgIpc) is 2.78. The second-order valence-electron chi connectivity index (χ2n) is 4.70. The number of hydrogen-bond donors (Lipinski definition) is 1. The van der Waals surface area contributed by atoms with E-state index >= 15 is 0 Å². The number of rotatable bonds is 7. The molecule has 102 valence electrons. The van der Waals surface area contributed by atoms with Crippen molar-refractivity contribution in [3.8, 4) is 0 Å². The highest BCUT2D eigenvalue weighted by Gasteiger charge is 2.33. The topological polar surface area (TPSA) is 56.2 Å². The van der Waals surface area contributed by atoms with E-state index in [4.69, 9.17) is 4.74 Å². The smallest absolute Gasteiger partial charge is 0.325 e. The van der Waals surface area contributed by atoms with Gasteiger partial charge in [-0.15, -0.1) is 0 Å². The van der Waals surface area contributed by atoms with Crippen molar-refractivity contribution < 1.29 is 9.53 Å². The Balaban J connectivity index is 2.67. The van der Waals surface area contributed by atoms with Gasteiger partial charge in [0.1, 0.15) is 5.54 Å². The molecule has 1 rings (SSSR count). The highest BCUT2D eigenvalue weighted by atomic mass is 16.5. The van der Waals surface area contributed by atoms with Gasteiger partial charge in [-0.25, -0.2) is 0 Å². The van der Waals surface area contributed by atoms with Crippen LogP contribution in [0.15, 0.2) is 12.3 Å². The maximum atomic E-state index is 11.9. The SMILES string of the molecule is CCCNC(C)(CCn1nccc1C)C(=O)OC. The van der Waals surface area contributed by atoms with Crippen LogP contribution in [0.2, 0.25) is 0 Å². The zero-order chi connectivity index (χ0) is 13.6. The summed E-state index contributed by atoms with van der Waals surface area (Å²) in [6.45, 7) is 7.45. The Morgan fingerprint density at radius 3 is 2.83 bits per heavy atom. The van der Waals surface area contributed by atoms with Crippen molar-refractivity contribution in [3.63, 3.8) is 0 Å². The molecule has 0 aliphatic heterocycles. The van der Waals surface area contributed by atoms with E-state index in [0.29, 0.717) is 13.0 Å². The third kappa shape index (κ3) is 3.57. The van der Waals surface area contributed by atoms with E-state index < -0.39 is 5.54 Å². The number of aryl methyl sites for hydroxylation is 2. The minimum absolute atomic E-state index is 0.222. The summed E-state index contributed by atoms with van der Waals surface area (Å²) < 4.78 is 6.78. The maximum Gasteiger partial charge on any atom is 0.325 e. The van der Waals surface area contributed by atoms with Gasteiger partial charge < -0.3 is 10.1 Å². The number of nitrogens with one attached hydrogen (secondary N) is 1. The van der Waals surface area contributed by atoms with Gasteiger partial charge in [-0.1, -0.05) is 6.92 Å². The number of carbonyl (C=O) groups is 1. The second-order valence-corrected chi connectivity index (χ2v) is 4.70. The molecule has 18 heavy (non-hydrogen) atoms. The van der Waals surface area contributed by atoms with Crippen molar-refractivity contribution in [1.29, 1.82) is 0 Å². The van der Waals surface area contributed by atoms with Crippen LogP contribution in [0.5, 0.6) is 0 Å². The number of methoxy groups -OCH3 is 1. The molecule has 0 saturated carbocycles. The second kappa shape index (κ2) is 6.54. The Hall–Kier alpha value is -1.36. The molecule has 0 aromatic carbocycles. The first kappa shape index (κ1) is 14.7. The minimum Gasteiger partial charge on any atom is -0.468 e. The fourth-order valence-corrected chi connectivity index (χ4v) is 1.85. The number of hydrogen-bond acceptors (Lipinski definition) is 4. The zero-order valence-electron chi connectivity index (χ0n) is 11.7. The Bertz CT molecular complexity index is 389. The van der Waals surface area contributed by atoms with E-state index in [-0.39, 0.29) is 5.97 Å². The summed E-state index contributed by atoms with van der Waals surface area (Å²) in [7, 11) is 1.42. The van der Waals surface area contributed by atoms with E-state index in [1.54, 1.807) is 6.20 Å². The van der Waals surface area contributed by atoms with E-state index in [2.05, 4.69) is 17.3 Å². The Morgan fingerprint density at radius 2 is 2.33 bits per heavy atom. The molecule has 0 spiro atoms. The van der Waals surface area contributed by atoms with E-state index in [1.165, 1.54) is 7.11 Å². The van der Waals surface area contributed by atoms with Crippen LogP contribution in [0.25, 0.3) is 0 Å². The molecule has 0 fully saturated rings. The average molecular weight is 253 g/mol. The molecule has 1 heterocycles. The normalized spacial score (nSPS) is 14.2. The Morgan fingerprint density at radius 1 is 1.61 bits per heavy atom. The van der Waals surface area contributed by atoms with Gasteiger partial charge in [0.05, 0.1) is 7.11 Å².